The highest BCUT2D eigenvalue weighted by molar-refractivity contribution is 9.10. The standard InChI is InChI=1S/C23H21BrN2O5/c24-17-10-12-19(13-11-17)31-16-22(27)25-26-23(28)20-8-4-5-9-21(20)30-15-14-29-18-6-2-1-3-7-18/h1-13H,14-16H2,(H,25,27)(H,26,28). The number of para-hydroxylation sites is 2. The minimum atomic E-state index is -0.503. The van der Waals surface area contributed by atoms with Gasteiger partial charge in [0.25, 0.3) is 11.8 Å². The predicted octanol–water partition coefficient (Wildman–Crippen LogP) is 3.75. The summed E-state index contributed by atoms with van der Waals surface area (Å²) >= 11 is 3.33. The van der Waals surface area contributed by atoms with Crippen molar-refractivity contribution in [3.05, 3.63) is 88.9 Å². The summed E-state index contributed by atoms with van der Waals surface area (Å²) in [6.45, 7) is 0.341. The molecular formula is C23H21BrN2O5. The Morgan fingerprint density at radius 1 is 0.710 bits per heavy atom. The van der Waals surface area contributed by atoms with E-state index in [9.17, 15) is 9.59 Å². The number of halogens is 1. The van der Waals surface area contributed by atoms with Crippen LogP contribution in [0.4, 0.5) is 0 Å². The van der Waals surface area contributed by atoms with E-state index in [4.69, 9.17) is 14.2 Å². The number of hydrogen-bond acceptors (Lipinski definition) is 5. The van der Waals surface area contributed by atoms with Crippen LogP contribution < -0.4 is 25.1 Å². The minimum absolute atomic E-state index is 0.239. The first-order valence-corrected chi connectivity index (χ1v) is 10.3. The maximum atomic E-state index is 12.5. The van der Waals surface area contributed by atoms with Crippen molar-refractivity contribution < 1.29 is 23.8 Å². The third-order valence-electron chi connectivity index (χ3n) is 3.98. The maximum Gasteiger partial charge on any atom is 0.276 e. The summed E-state index contributed by atoms with van der Waals surface area (Å²) in [5.41, 5.74) is 4.98. The van der Waals surface area contributed by atoms with Crippen molar-refractivity contribution >= 4 is 27.7 Å². The van der Waals surface area contributed by atoms with E-state index in [0.29, 0.717) is 18.1 Å². The van der Waals surface area contributed by atoms with E-state index in [1.807, 2.05) is 30.3 Å². The van der Waals surface area contributed by atoms with Crippen LogP contribution >= 0.6 is 15.9 Å². The second-order valence-electron chi connectivity index (χ2n) is 6.25. The summed E-state index contributed by atoms with van der Waals surface area (Å²) in [4.78, 5) is 24.4. The van der Waals surface area contributed by atoms with Gasteiger partial charge in [0.15, 0.2) is 6.61 Å². The first-order chi connectivity index (χ1) is 15.1. The summed E-state index contributed by atoms with van der Waals surface area (Å²) in [5.74, 6) is 0.672. The fourth-order valence-electron chi connectivity index (χ4n) is 2.52. The molecule has 0 atom stereocenters. The maximum absolute atomic E-state index is 12.5. The molecule has 3 aromatic rings. The van der Waals surface area contributed by atoms with Gasteiger partial charge in [-0.3, -0.25) is 20.4 Å². The summed E-state index contributed by atoms with van der Waals surface area (Å²) in [5, 5.41) is 0. The molecule has 0 aliphatic carbocycles. The number of hydrazine groups is 1. The first-order valence-electron chi connectivity index (χ1n) is 9.49. The Morgan fingerprint density at radius 2 is 1.35 bits per heavy atom. The van der Waals surface area contributed by atoms with Crippen LogP contribution in [-0.2, 0) is 4.79 Å². The second-order valence-corrected chi connectivity index (χ2v) is 7.17. The van der Waals surface area contributed by atoms with Gasteiger partial charge in [0.2, 0.25) is 0 Å². The third kappa shape index (κ3) is 7.35. The third-order valence-corrected chi connectivity index (χ3v) is 4.51. The van der Waals surface area contributed by atoms with E-state index in [2.05, 4.69) is 26.8 Å². The zero-order valence-corrected chi connectivity index (χ0v) is 18.1. The number of amides is 2. The number of ether oxygens (including phenoxy) is 3. The van der Waals surface area contributed by atoms with Crippen LogP contribution in [0.25, 0.3) is 0 Å². The molecule has 0 aromatic heterocycles. The Kier molecular flexibility index (Phi) is 8.30. The van der Waals surface area contributed by atoms with Crippen molar-refractivity contribution in [2.45, 2.75) is 0 Å². The molecule has 31 heavy (non-hydrogen) atoms. The molecule has 0 saturated carbocycles. The molecular weight excluding hydrogens is 464 g/mol. The van der Waals surface area contributed by atoms with E-state index < -0.39 is 11.8 Å². The SMILES string of the molecule is O=C(COc1ccc(Br)cc1)NNC(=O)c1ccccc1OCCOc1ccccc1. The van der Waals surface area contributed by atoms with Gasteiger partial charge in [0, 0.05) is 4.47 Å². The van der Waals surface area contributed by atoms with Gasteiger partial charge in [0.05, 0.1) is 5.56 Å². The molecule has 0 aliphatic heterocycles. The molecule has 0 heterocycles. The van der Waals surface area contributed by atoms with Crippen LogP contribution in [0.2, 0.25) is 0 Å². The number of carbonyl (C=O) groups excluding carboxylic acids is 2. The molecule has 0 radical (unpaired) electrons. The van der Waals surface area contributed by atoms with Crippen molar-refractivity contribution in [1.29, 1.82) is 0 Å². The number of carbonyl (C=O) groups is 2. The van der Waals surface area contributed by atoms with Crippen LogP contribution in [-0.4, -0.2) is 31.6 Å². The van der Waals surface area contributed by atoms with Crippen LogP contribution in [0.1, 0.15) is 10.4 Å². The fourth-order valence-corrected chi connectivity index (χ4v) is 2.78. The smallest absolute Gasteiger partial charge is 0.276 e. The van der Waals surface area contributed by atoms with Gasteiger partial charge in [-0.2, -0.15) is 0 Å². The Morgan fingerprint density at radius 3 is 2.13 bits per heavy atom. The number of nitrogens with one attached hydrogen (secondary N) is 2. The zero-order valence-electron chi connectivity index (χ0n) is 16.5. The lowest BCUT2D eigenvalue weighted by atomic mass is 10.2. The Labute approximate surface area is 188 Å². The molecule has 2 N–H and O–H groups in total. The van der Waals surface area contributed by atoms with Crippen LogP contribution in [0, 0.1) is 0 Å². The van der Waals surface area contributed by atoms with Crippen molar-refractivity contribution in [3.63, 3.8) is 0 Å². The highest BCUT2D eigenvalue weighted by atomic mass is 79.9. The highest BCUT2D eigenvalue weighted by Gasteiger charge is 2.13. The molecule has 0 aliphatic rings. The lowest BCUT2D eigenvalue weighted by molar-refractivity contribution is -0.123. The van der Waals surface area contributed by atoms with Gasteiger partial charge < -0.3 is 14.2 Å². The molecule has 2 amide bonds. The molecule has 3 rings (SSSR count). The van der Waals surface area contributed by atoms with Crippen molar-refractivity contribution in [2.24, 2.45) is 0 Å². The van der Waals surface area contributed by atoms with E-state index in [-0.39, 0.29) is 18.8 Å². The summed E-state index contributed by atoms with van der Waals surface area (Å²) in [6, 6.07) is 23.2. The number of benzene rings is 3. The Hall–Kier alpha value is -3.52. The van der Waals surface area contributed by atoms with Crippen molar-refractivity contribution in [1.82, 2.24) is 10.9 Å². The van der Waals surface area contributed by atoms with Gasteiger partial charge >= 0.3 is 0 Å². The quantitative estimate of drug-likeness (QED) is 0.356. The zero-order chi connectivity index (χ0) is 21.9. The van der Waals surface area contributed by atoms with Crippen molar-refractivity contribution in [3.8, 4) is 17.2 Å². The van der Waals surface area contributed by atoms with E-state index in [1.54, 1.807) is 48.5 Å². The highest BCUT2D eigenvalue weighted by Crippen LogP contribution is 2.18. The molecule has 0 fully saturated rings. The monoisotopic (exact) mass is 484 g/mol. The number of rotatable bonds is 9. The average molecular weight is 485 g/mol. The van der Waals surface area contributed by atoms with E-state index in [1.165, 1.54) is 0 Å². The predicted molar refractivity (Wildman–Crippen MR) is 119 cm³/mol. The molecule has 7 nitrogen and oxygen atoms in total. The minimum Gasteiger partial charge on any atom is -0.490 e. The Balaban J connectivity index is 1.44. The summed E-state index contributed by atoms with van der Waals surface area (Å²) in [6.07, 6.45) is 0. The molecule has 0 spiro atoms. The van der Waals surface area contributed by atoms with Gasteiger partial charge in [-0.05, 0) is 48.5 Å². The van der Waals surface area contributed by atoms with Gasteiger partial charge in [-0.15, -0.1) is 0 Å². The fraction of sp³-hybridized carbons (Fsp3) is 0.130. The van der Waals surface area contributed by atoms with E-state index in [0.717, 1.165) is 10.2 Å². The lowest BCUT2D eigenvalue weighted by Gasteiger charge is -2.13. The Bertz CT molecular complexity index is 996. The van der Waals surface area contributed by atoms with Gasteiger partial charge in [-0.1, -0.05) is 46.3 Å². The average Bonchev–Trinajstić information content (AvgIpc) is 2.81. The topological polar surface area (TPSA) is 85.9 Å². The normalized spacial score (nSPS) is 10.1. The van der Waals surface area contributed by atoms with Crippen LogP contribution in [0.15, 0.2) is 83.3 Å². The lowest BCUT2D eigenvalue weighted by Crippen LogP contribution is -2.44. The second kappa shape index (κ2) is 11.6. The van der Waals surface area contributed by atoms with Gasteiger partial charge in [-0.25, -0.2) is 0 Å². The summed E-state index contributed by atoms with van der Waals surface area (Å²) < 4.78 is 17.5. The molecule has 3 aromatic carbocycles. The van der Waals surface area contributed by atoms with Crippen LogP contribution in [0.3, 0.4) is 0 Å². The largest absolute Gasteiger partial charge is 0.490 e. The summed E-state index contributed by atoms with van der Waals surface area (Å²) in [7, 11) is 0. The van der Waals surface area contributed by atoms with E-state index >= 15 is 0 Å². The molecule has 0 saturated heterocycles. The molecule has 0 bridgehead atoms. The molecule has 0 unspecified atom stereocenters. The molecule has 8 heteroatoms. The molecule has 160 valence electrons. The van der Waals surface area contributed by atoms with Gasteiger partial charge in [0.1, 0.15) is 30.5 Å². The van der Waals surface area contributed by atoms with Crippen molar-refractivity contribution in [2.75, 3.05) is 19.8 Å². The first kappa shape index (κ1) is 22.2. The number of hydrogen-bond donors (Lipinski definition) is 2. The van der Waals surface area contributed by atoms with Crippen LogP contribution in [0.5, 0.6) is 17.2 Å².